The third-order valence-electron chi connectivity index (χ3n) is 3.58. The molecule has 2 rings (SSSR count). The van der Waals surface area contributed by atoms with Crippen molar-refractivity contribution < 1.29 is 5.11 Å². The number of nitrogens with one attached hydrogen (secondary N) is 2. The molecule has 1 saturated carbocycles. The van der Waals surface area contributed by atoms with Crippen molar-refractivity contribution in [1.82, 2.24) is 4.98 Å². The zero-order valence-corrected chi connectivity index (χ0v) is 11.1. The molecule has 18 heavy (non-hydrogen) atoms. The maximum Gasteiger partial charge on any atom is 0.127 e. The molecule has 0 aromatic carbocycles. The van der Waals surface area contributed by atoms with E-state index in [1.165, 1.54) is 12.8 Å². The van der Waals surface area contributed by atoms with Gasteiger partial charge in [0.2, 0.25) is 0 Å². The van der Waals surface area contributed by atoms with Crippen molar-refractivity contribution in [3.05, 3.63) is 18.3 Å². The molecule has 3 N–H and O–H groups in total. The van der Waals surface area contributed by atoms with Gasteiger partial charge in [-0.2, -0.15) is 0 Å². The van der Waals surface area contributed by atoms with Gasteiger partial charge in [-0.3, -0.25) is 0 Å². The zero-order valence-electron chi connectivity index (χ0n) is 11.1. The molecule has 1 aromatic rings. The van der Waals surface area contributed by atoms with Crippen LogP contribution in [-0.2, 0) is 0 Å². The Morgan fingerprint density at radius 1 is 1.39 bits per heavy atom. The van der Waals surface area contributed by atoms with Crippen LogP contribution in [0.2, 0.25) is 0 Å². The highest BCUT2D eigenvalue weighted by molar-refractivity contribution is 5.52. The zero-order chi connectivity index (χ0) is 12.8. The number of hydrogen-bond donors (Lipinski definition) is 3. The third-order valence-corrected chi connectivity index (χ3v) is 3.58. The predicted molar refractivity (Wildman–Crippen MR) is 74.9 cm³/mol. The number of aromatic nitrogens is 1. The van der Waals surface area contributed by atoms with Crippen molar-refractivity contribution >= 4 is 11.5 Å². The van der Waals surface area contributed by atoms with E-state index in [2.05, 4.69) is 22.5 Å². The van der Waals surface area contributed by atoms with Gasteiger partial charge in [-0.1, -0.05) is 6.92 Å². The first-order valence-electron chi connectivity index (χ1n) is 6.83. The van der Waals surface area contributed by atoms with Crippen LogP contribution in [-0.4, -0.2) is 29.8 Å². The lowest BCUT2D eigenvalue weighted by Gasteiger charge is -2.16. The van der Waals surface area contributed by atoms with Crippen molar-refractivity contribution in [1.29, 1.82) is 0 Å². The van der Waals surface area contributed by atoms with E-state index in [1.807, 2.05) is 18.3 Å². The largest absolute Gasteiger partial charge is 0.396 e. The molecule has 0 atom stereocenters. The average Bonchev–Trinajstić information content (AvgIpc) is 3.15. The first-order chi connectivity index (χ1) is 8.78. The molecule has 1 fully saturated rings. The maximum atomic E-state index is 9.03. The molecule has 0 radical (unpaired) electrons. The highest BCUT2D eigenvalue weighted by Crippen LogP contribution is 2.48. The summed E-state index contributed by atoms with van der Waals surface area (Å²) in [7, 11) is 0. The van der Waals surface area contributed by atoms with Gasteiger partial charge in [0.15, 0.2) is 0 Å². The van der Waals surface area contributed by atoms with Crippen LogP contribution in [0.25, 0.3) is 0 Å². The van der Waals surface area contributed by atoms with E-state index in [4.69, 9.17) is 5.11 Å². The third kappa shape index (κ3) is 3.60. The Labute approximate surface area is 109 Å². The van der Waals surface area contributed by atoms with Crippen LogP contribution in [0, 0.1) is 5.41 Å². The first-order valence-corrected chi connectivity index (χ1v) is 6.83. The maximum absolute atomic E-state index is 9.03. The van der Waals surface area contributed by atoms with Crippen LogP contribution in [0.15, 0.2) is 18.3 Å². The fourth-order valence-corrected chi connectivity index (χ4v) is 2.11. The summed E-state index contributed by atoms with van der Waals surface area (Å²) < 4.78 is 0. The summed E-state index contributed by atoms with van der Waals surface area (Å²) in [6.45, 7) is 4.33. The molecule has 4 nitrogen and oxygen atoms in total. The number of nitrogens with zero attached hydrogens (tertiary/aromatic N) is 1. The van der Waals surface area contributed by atoms with Gasteiger partial charge in [-0.25, -0.2) is 4.98 Å². The minimum Gasteiger partial charge on any atom is -0.396 e. The van der Waals surface area contributed by atoms with Gasteiger partial charge < -0.3 is 15.7 Å². The molecule has 0 amide bonds. The second-order valence-electron chi connectivity index (χ2n) is 5.18. The van der Waals surface area contributed by atoms with Crippen LogP contribution in [0.3, 0.4) is 0 Å². The van der Waals surface area contributed by atoms with Gasteiger partial charge in [-0.05, 0) is 37.2 Å². The quantitative estimate of drug-likeness (QED) is 0.662. The van der Waals surface area contributed by atoms with E-state index in [0.717, 1.165) is 37.4 Å². The van der Waals surface area contributed by atoms with Crippen molar-refractivity contribution in [2.24, 2.45) is 5.41 Å². The van der Waals surface area contributed by atoms with Gasteiger partial charge in [0.25, 0.3) is 0 Å². The second-order valence-corrected chi connectivity index (χ2v) is 5.18. The Bertz CT molecular complexity index is 377. The molecular formula is C14H23N3O. The van der Waals surface area contributed by atoms with Gasteiger partial charge in [0.1, 0.15) is 5.82 Å². The van der Waals surface area contributed by atoms with Gasteiger partial charge >= 0.3 is 0 Å². The van der Waals surface area contributed by atoms with E-state index in [1.54, 1.807) is 0 Å². The molecule has 1 aromatic heterocycles. The normalized spacial score (nSPS) is 16.3. The summed E-state index contributed by atoms with van der Waals surface area (Å²) in [6, 6.07) is 4.04. The summed E-state index contributed by atoms with van der Waals surface area (Å²) in [5.74, 6) is 0.925. The van der Waals surface area contributed by atoms with Crippen LogP contribution < -0.4 is 10.6 Å². The molecule has 0 bridgehead atoms. The Kier molecular flexibility index (Phi) is 4.42. The number of anilines is 2. The number of aliphatic hydroxyl groups excluding tert-OH is 1. The van der Waals surface area contributed by atoms with Gasteiger partial charge in [-0.15, -0.1) is 0 Å². The number of aliphatic hydroxyl groups is 1. The molecular weight excluding hydrogens is 226 g/mol. The smallest absolute Gasteiger partial charge is 0.127 e. The molecule has 100 valence electrons. The fourth-order valence-electron chi connectivity index (χ4n) is 2.11. The number of hydrogen-bond acceptors (Lipinski definition) is 4. The van der Waals surface area contributed by atoms with Crippen LogP contribution in [0.1, 0.15) is 32.6 Å². The predicted octanol–water partition coefficient (Wildman–Crippen LogP) is 2.48. The van der Waals surface area contributed by atoms with E-state index >= 15 is 0 Å². The first kappa shape index (κ1) is 13.1. The summed E-state index contributed by atoms with van der Waals surface area (Å²) >= 11 is 0. The Balaban J connectivity index is 1.85. The molecule has 1 heterocycles. The van der Waals surface area contributed by atoms with Crippen LogP contribution in [0.4, 0.5) is 11.5 Å². The van der Waals surface area contributed by atoms with E-state index in [0.29, 0.717) is 12.0 Å². The second kappa shape index (κ2) is 6.05. The van der Waals surface area contributed by atoms with E-state index < -0.39 is 0 Å². The molecule has 0 spiro atoms. The Morgan fingerprint density at radius 3 is 2.89 bits per heavy atom. The molecule has 0 aliphatic heterocycles. The Morgan fingerprint density at radius 2 is 2.22 bits per heavy atom. The number of pyridine rings is 1. The number of rotatable bonds is 8. The minimum atomic E-state index is 0.293. The summed E-state index contributed by atoms with van der Waals surface area (Å²) in [6.07, 6.45) is 6.29. The van der Waals surface area contributed by atoms with Crippen molar-refractivity contribution in [3.8, 4) is 0 Å². The van der Waals surface area contributed by atoms with Gasteiger partial charge in [0, 0.05) is 37.6 Å². The molecule has 1 aliphatic carbocycles. The summed E-state index contributed by atoms with van der Waals surface area (Å²) in [5.41, 5.74) is 1.45. The molecule has 1 aliphatic rings. The van der Waals surface area contributed by atoms with Crippen LogP contribution >= 0.6 is 0 Å². The standard InChI is InChI=1S/C14H23N3O/c1-2-7-15-13-10-12(3-8-16-13)17-11-14(4-5-14)6-9-18/h3,8,10,18H,2,4-7,9,11H2,1H3,(H2,15,16,17). The van der Waals surface area contributed by atoms with E-state index in [-0.39, 0.29) is 0 Å². The van der Waals surface area contributed by atoms with Crippen molar-refractivity contribution in [3.63, 3.8) is 0 Å². The summed E-state index contributed by atoms with van der Waals surface area (Å²) in [4.78, 5) is 4.28. The van der Waals surface area contributed by atoms with E-state index in [9.17, 15) is 0 Å². The summed E-state index contributed by atoms with van der Waals surface area (Å²) in [5, 5.41) is 15.8. The molecule has 4 heteroatoms. The molecule has 0 unspecified atom stereocenters. The molecule has 0 saturated heterocycles. The van der Waals surface area contributed by atoms with Gasteiger partial charge in [0.05, 0.1) is 0 Å². The van der Waals surface area contributed by atoms with Crippen molar-refractivity contribution in [2.45, 2.75) is 32.6 Å². The highest BCUT2D eigenvalue weighted by Gasteiger charge is 2.41. The average molecular weight is 249 g/mol. The minimum absolute atomic E-state index is 0.293. The van der Waals surface area contributed by atoms with Crippen LogP contribution in [0.5, 0.6) is 0 Å². The topological polar surface area (TPSA) is 57.2 Å². The SMILES string of the molecule is CCCNc1cc(NCC2(CCO)CC2)ccn1. The highest BCUT2D eigenvalue weighted by atomic mass is 16.3. The fraction of sp³-hybridized carbons (Fsp3) is 0.643. The Hall–Kier alpha value is -1.29. The van der Waals surface area contributed by atoms with Crippen molar-refractivity contribution in [2.75, 3.05) is 30.3 Å². The monoisotopic (exact) mass is 249 g/mol. The lowest BCUT2D eigenvalue weighted by Crippen LogP contribution is -2.17. The lowest BCUT2D eigenvalue weighted by molar-refractivity contribution is 0.253. The lowest BCUT2D eigenvalue weighted by atomic mass is 10.0.